The van der Waals surface area contributed by atoms with Crippen molar-refractivity contribution in [1.29, 1.82) is 0 Å². The molecule has 0 saturated carbocycles. The van der Waals surface area contributed by atoms with Gasteiger partial charge in [-0.15, -0.1) is 10.2 Å². The molecule has 0 spiro atoms. The summed E-state index contributed by atoms with van der Waals surface area (Å²) in [5, 5.41) is 30.9. The summed E-state index contributed by atoms with van der Waals surface area (Å²) in [5.74, 6) is -1.54. The summed E-state index contributed by atoms with van der Waals surface area (Å²) in [6.45, 7) is 0. The normalized spacial score (nSPS) is 15.3. The number of aromatic nitrogens is 2. The molecule has 5 rings (SSSR count). The summed E-state index contributed by atoms with van der Waals surface area (Å²) in [7, 11) is 0. The highest BCUT2D eigenvalue weighted by molar-refractivity contribution is 8.00. The average molecular weight is 557 g/mol. The first-order chi connectivity index (χ1) is 18.9. The van der Waals surface area contributed by atoms with Gasteiger partial charge < -0.3 is 5.11 Å². The first-order valence-corrected chi connectivity index (χ1v) is 13.5. The molecule has 1 unspecified atom stereocenters. The molecule has 0 fully saturated rings. The zero-order chi connectivity index (χ0) is 27.4. The number of hydrogen-bond donors (Lipinski definition) is 1. The van der Waals surface area contributed by atoms with Crippen LogP contribution in [-0.2, 0) is 15.3 Å². The number of allylic oxidation sites excluding steroid dienone is 1. The Morgan fingerprint density at radius 3 is 2.49 bits per heavy atom. The lowest BCUT2D eigenvalue weighted by Gasteiger charge is -2.23. The van der Waals surface area contributed by atoms with E-state index in [0.717, 1.165) is 22.5 Å². The molecule has 1 aliphatic heterocycles. The van der Waals surface area contributed by atoms with E-state index < -0.39 is 28.4 Å². The van der Waals surface area contributed by atoms with Crippen LogP contribution in [0.4, 0.5) is 10.8 Å². The maximum absolute atomic E-state index is 13.4. The maximum atomic E-state index is 13.4. The number of benzene rings is 3. The molecule has 39 heavy (non-hydrogen) atoms. The van der Waals surface area contributed by atoms with Crippen molar-refractivity contribution in [2.45, 2.75) is 16.1 Å². The van der Waals surface area contributed by atoms with E-state index in [1.54, 1.807) is 24.3 Å². The van der Waals surface area contributed by atoms with Crippen molar-refractivity contribution in [3.8, 4) is 0 Å². The van der Waals surface area contributed by atoms with Gasteiger partial charge in [0.1, 0.15) is 0 Å². The van der Waals surface area contributed by atoms with Crippen molar-refractivity contribution in [3.05, 3.63) is 129 Å². The van der Waals surface area contributed by atoms with E-state index >= 15 is 0 Å². The van der Waals surface area contributed by atoms with Crippen LogP contribution in [-0.4, -0.2) is 31.9 Å². The monoisotopic (exact) mass is 556 g/mol. The molecule has 1 aromatic heterocycles. The van der Waals surface area contributed by atoms with Crippen LogP contribution in [0.1, 0.15) is 22.7 Å². The van der Waals surface area contributed by atoms with Gasteiger partial charge in [0.05, 0.1) is 16.5 Å². The van der Waals surface area contributed by atoms with E-state index in [2.05, 4.69) is 10.2 Å². The van der Waals surface area contributed by atoms with Crippen LogP contribution in [0.3, 0.4) is 0 Å². The highest BCUT2D eigenvalue weighted by Gasteiger charge is 2.45. The Morgan fingerprint density at radius 1 is 1.05 bits per heavy atom. The van der Waals surface area contributed by atoms with Crippen molar-refractivity contribution in [2.75, 3.05) is 4.90 Å². The Kier molecular flexibility index (Phi) is 7.62. The SMILES string of the molecule is O=C(C=Cc1ccccc1)C1=C(O)C(=O)N(c2nnc(SCc3ccccc3)s2)C1c1cccc([N+](=O)[O-])c1. The fourth-order valence-corrected chi connectivity index (χ4v) is 5.90. The zero-order valence-electron chi connectivity index (χ0n) is 20.2. The first kappa shape index (κ1) is 26.0. The third-order valence-electron chi connectivity index (χ3n) is 5.90. The fourth-order valence-electron chi connectivity index (χ4n) is 4.08. The number of aliphatic hydroxyl groups is 1. The van der Waals surface area contributed by atoms with E-state index in [9.17, 15) is 24.8 Å². The Labute approximate surface area is 231 Å². The minimum absolute atomic E-state index is 0.161. The van der Waals surface area contributed by atoms with Gasteiger partial charge in [0.15, 0.2) is 15.9 Å². The van der Waals surface area contributed by atoms with Gasteiger partial charge in [-0.25, -0.2) is 0 Å². The van der Waals surface area contributed by atoms with Crippen molar-refractivity contribution in [1.82, 2.24) is 10.2 Å². The highest BCUT2D eigenvalue weighted by Crippen LogP contribution is 2.43. The van der Waals surface area contributed by atoms with E-state index in [-0.39, 0.29) is 22.0 Å². The molecule has 0 bridgehead atoms. The van der Waals surface area contributed by atoms with Gasteiger partial charge >= 0.3 is 0 Å². The smallest absolute Gasteiger partial charge is 0.296 e. The molecule has 4 aromatic rings. The molecule has 194 valence electrons. The number of amides is 1. The lowest BCUT2D eigenvalue weighted by atomic mass is 9.95. The zero-order valence-corrected chi connectivity index (χ0v) is 21.8. The number of non-ortho nitro benzene ring substituents is 1. The van der Waals surface area contributed by atoms with Gasteiger partial charge in [0.25, 0.3) is 11.6 Å². The van der Waals surface area contributed by atoms with E-state index in [4.69, 9.17) is 0 Å². The summed E-state index contributed by atoms with van der Waals surface area (Å²) < 4.78 is 0.586. The van der Waals surface area contributed by atoms with Crippen molar-refractivity contribution in [2.24, 2.45) is 0 Å². The van der Waals surface area contributed by atoms with Gasteiger partial charge in [0, 0.05) is 17.9 Å². The maximum Gasteiger partial charge on any atom is 0.296 e. The van der Waals surface area contributed by atoms with Gasteiger partial charge in [-0.2, -0.15) is 0 Å². The van der Waals surface area contributed by atoms with Crippen molar-refractivity contribution >= 4 is 51.7 Å². The summed E-state index contributed by atoms with van der Waals surface area (Å²) in [5.41, 5.74) is 1.72. The number of nitrogens with zero attached hydrogens (tertiary/aromatic N) is 4. The van der Waals surface area contributed by atoms with Crippen LogP contribution in [0.5, 0.6) is 0 Å². The molecule has 0 saturated heterocycles. The van der Waals surface area contributed by atoms with Crippen LogP contribution >= 0.6 is 23.1 Å². The number of aliphatic hydroxyl groups excluding tert-OH is 1. The molecule has 9 nitrogen and oxygen atoms in total. The van der Waals surface area contributed by atoms with Gasteiger partial charge in [-0.1, -0.05) is 102 Å². The lowest BCUT2D eigenvalue weighted by Crippen LogP contribution is -2.30. The summed E-state index contributed by atoms with van der Waals surface area (Å²) in [4.78, 5) is 38.8. The minimum atomic E-state index is -1.13. The largest absolute Gasteiger partial charge is 0.503 e. The molecular formula is C28H20N4O5S2. The third kappa shape index (κ3) is 5.64. The number of rotatable bonds is 9. The van der Waals surface area contributed by atoms with Crippen LogP contribution < -0.4 is 4.90 Å². The van der Waals surface area contributed by atoms with E-state index in [1.807, 2.05) is 48.5 Å². The van der Waals surface area contributed by atoms with Crippen LogP contribution in [0, 0.1) is 10.1 Å². The molecule has 1 amide bonds. The summed E-state index contributed by atoms with van der Waals surface area (Å²) in [6, 6.07) is 23.4. The molecule has 2 heterocycles. The van der Waals surface area contributed by atoms with Crippen LogP contribution in [0.2, 0.25) is 0 Å². The topological polar surface area (TPSA) is 127 Å². The lowest BCUT2D eigenvalue weighted by molar-refractivity contribution is -0.384. The molecule has 3 aromatic carbocycles. The Balaban J connectivity index is 1.50. The van der Waals surface area contributed by atoms with E-state index in [0.29, 0.717) is 10.1 Å². The van der Waals surface area contributed by atoms with Crippen LogP contribution in [0.25, 0.3) is 6.08 Å². The number of nitro groups is 1. The average Bonchev–Trinajstić information content (AvgIpc) is 3.53. The second kappa shape index (κ2) is 11.4. The number of thioether (sulfide) groups is 1. The second-order valence-electron chi connectivity index (χ2n) is 8.43. The molecule has 0 radical (unpaired) electrons. The van der Waals surface area contributed by atoms with Crippen molar-refractivity contribution in [3.63, 3.8) is 0 Å². The minimum Gasteiger partial charge on any atom is -0.503 e. The number of carbonyl (C=O) groups is 2. The third-order valence-corrected chi connectivity index (χ3v) is 8.03. The number of hydrogen-bond acceptors (Lipinski definition) is 9. The Bertz CT molecular complexity index is 1600. The Morgan fingerprint density at radius 2 is 1.77 bits per heavy atom. The summed E-state index contributed by atoms with van der Waals surface area (Å²) >= 11 is 2.57. The van der Waals surface area contributed by atoms with Gasteiger partial charge in [-0.05, 0) is 22.8 Å². The molecule has 0 aliphatic carbocycles. The first-order valence-electron chi connectivity index (χ1n) is 11.7. The fraction of sp³-hybridized carbons (Fsp3) is 0.0714. The molecule has 1 aliphatic rings. The van der Waals surface area contributed by atoms with E-state index in [1.165, 1.54) is 40.9 Å². The number of carbonyl (C=O) groups excluding carboxylic acids is 2. The van der Waals surface area contributed by atoms with Crippen LogP contribution in [0.15, 0.2) is 107 Å². The van der Waals surface area contributed by atoms with Gasteiger partial charge in [-0.3, -0.25) is 24.6 Å². The quantitative estimate of drug-likeness (QED) is 0.0885. The Hall–Kier alpha value is -4.61. The molecule has 1 atom stereocenters. The number of nitro benzene ring substituents is 1. The molecular weight excluding hydrogens is 536 g/mol. The predicted octanol–water partition coefficient (Wildman–Crippen LogP) is 5.92. The second-order valence-corrected chi connectivity index (χ2v) is 10.6. The molecule has 1 N–H and O–H groups in total. The number of ketones is 1. The molecule has 11 heteroatoms. The van der Waals surface area contributed by atoms with Crippen molar-refractivity contribution < 1.29 is 19.6 Å². The summed E-state index contributed by atoms with van der Waals surface area (Å²) in [6.07, 6.45) is 2.84. The number of anilines is 1. The highest BCUT2D eigenvalue weighted by atomic mass is 32.2. The standard InChI is InChI=1S/C28H20N4O5S2/c33-22(15-14-18-8-3-1-4-9-18)23-24(20-12-7-13-21(16-20)32(36)37)31(26(35)25(23)34)27-29-30-28(39-27)38-17-19-10-5-2-6-11-19/h1-16,24,34H,17H2. The van der Waals surface area contributed by atoms with Gasteiger partial charge in [0.2, 0.25) is 5.13 Å². The predicted molar refractivity (Wildman–Crippen MR) is 149 cm³/mol.